The highest BCUT2D eigenvalue weighted by atomic mass is 32.1. The molecule has 0 saturated heterocycles. The van der Waals surface area contributed by atoms with E-state index in [-0.39, 0.29) is 0 Å². The van der Waals surface area contributed by atoms with Crippen molar-refractivity contribution in [3.63, 3.8) is 0 Å². The first-order chi connectivity index (χ1) is 14.4. The Labute approximate surface area is 184 Å². The van der Waals surface area contributed by atoms with Crippen molar-refractivity contribution in [2.75, 3.05) is 27.4 Å². The van der Waals surface area contributed by atoms with Gasteiger partial charge in [-0.2, -0.15) is 5.10 Å². The number of methoxy groups -OCH3 is 1. The van der Waals surface area contributed by atoms with E-state index < -0.39 is 0 Å². The summed E-state index contributed by atoms with van der Waals surface area (Å²) in [4.78, 5) is 0. The molecule has 0 aliphatic heterocycles. The number of aryl methyl sites for hydroxylation is 1. The van der Waals surface area contributed by atoms with Crippen LogP contribution < -0.4 is 25.0 Å². The quantitative estimate of drug-likeness (QED) is 0.253. The Balaban J connectivity index is 1.86. The number of ether oxygens (including phenoxy) is 3. The lowest BCUT2D eigenvalue weighted by Crippen LogP contribution is -2.28. The smallest absolute Gasteiger partial charge is 0.186 e. The van der Waals surface area contributed by atoms with Gasteiger partial charge in [0.25, 0.3) is 0 Å². The molecule has 6 nitrogen and oxygen atoms in total. The Hall–Kier alpha value is -2.80. The molecule has 7 heteroatoms. The van der Waals surface area contributed by atoms with Crippen molar-refractivity contribution in [1.29, 1.82) is 0 Å². The fourth-order valence-corrected chi connectivity index (χ4v) is 2.82. The first kappa shape index (κ1) is 23.5. The highest BCUT2D eigenvalue weighted by Gasteiger charge is 2.09. The number of hydrogen-bond donors (Lipinski definition) is 2. The third kappa shape index (κ3) is 7.22. The topological polar surface area (TPSA) is 64.1 Å². The summed E-state index contributed by atoms with van der Waals surface area (Å²) in [5.74, 6) is 2.72. The Morgan fingerprint density at radius 3 is 2.47 bits per heavy atom. The number of thiocarbonyl (C=S) groups is 1. The highest BCUT2D eigenvalue weighted by molar-refractivity contribution is 7.80. The predicted molar refractivity (Wildman–Crippen MR) is 126 cm³/mol. The van der Waals surface area contributed by atoms with Crippen LogP contribution in [0.2, 0.25) is 0 Å². The molecule has 2 aromatic carbocycles. The summed E-state index contributed by atoms with van der Waals surface area (Å²) in [6, 6.07) is 12.0. The molecule has 0 radical (unpaired) electrons. The molecule has 2 N–H and O–H groups in total. The Kier molecular flexibility index (Phi) is 9.41. The number of rotatable bonds is 10. The summed E-state index contributed by atoms with van der Waals surface area (Å²) in [6.07, 6.45) is 2.43. The molecule has 0 aliphatic rings. The second-order valence-corrected chi connectivity index (χ2v) is 7.51. The van der Waals surface area contributed by atoms with Gasteiger partial charge in [0, 0.05) is 13.5 Å². The Morgan fingerprint density at radius 1 is 1.07 bits per heavy atom. The van der Waals surface area contributed by atoms with Gasteiger partial charge in [0.1, 0.15) is 5.75 Å². The van der Waals surface area contributed by atoms with Crippen molar-refractivity contribution >= 4 is 23.5 Å². The Morgan fingerprint density at radius 2 is 1.80 bits per heavy atom. The van der Waals surface area contributed by atoms with Crippen LogP contribution in [0.3, 0.4) is 0 Å². The van der Waals surface area contributed by atoms with Crippen LogP contribution in [0.15, 0.2) is 41.5 Å². The zero-order valence-electron chi connectivity index (χ0n) is 18.3. The second-order valence-electron chi connectivity index (χ2n) is 7.11. The van der Waals surface area contributed by atoms with Crippen molar-refractivity contribution in [1.82, 2.24) is 10.7 Å². The van der Waals surface area contributed by atoms with Crippen LogP contribution in [0.4, 0.5) is 0 Å². The first-order valence-electron chi connectivity index (χ1n) is 9.99. The normalized spacial score (nSPS) is 10.9. The van der Waals surface area contributed by atoms with E-state index in [1.54, 1.807) is 20.4 Å². The van der Waals surface area contributed by atoms with Gasteiger partial charge in [0.2, 0.25) is 0 Å². The van der Waals surface area contributed by atoms with Crippen molar-refractivity contribution in [3.8, 4) is 17.2 Å². The van der Waals surface area contributed by atoms with Gasteiger partial charge in [-0.15, -0.1) is 0 Å². The van der Waals surface area contributed by atoms with Gasteiger partial charge < -0.3 is 19.5 Å². The number of nitrogens with one attached hydrogen (secondary N) is 2. The Bertz CT molecular complexity index is 869. The largest absolute Gasteiger partial charge is 0.493 e. The molecule has 0 aromatic heterocycles. The van der Waals surface area contributed by atoms with E-state index in [2.05, 4.69) is 54.8 Å². The van der Waals surface area contributed by atoms with Crippen molar-refractivity contribution in [3.05, 3.63) is 53.1 Å². The average Bonchev–Trinajstić information content (AvgIpc) is 2.73. The molecule has 2 rings (SSSR count). The summed E-state index contributed by atoms with van der Waals surface area (Å²) in [5, 5.41) is 7.31. The first-order valence-corrected chi connectivity index (χ1v) is 10.4. The summed E-state index contributed by atoms with van der Waals surface area (Å²) in [5.41, 5.74) is 6.01. The fraction of sp³-hybridized carbons (Fsp3) is 0.391. The zero-order chi connectivity index (χ0) is 21.9. The van der Waals surface area contributed by atoms with E-state index in [4.69, 9.17) is 26.4 Å². The van der Waals surface area contributed by atoms with Crippen LogP contribution in [0.25, 0.3) is 0 Å². The minimum atomic E-state index is 0.423. The van der Waals surface area contributed by atoms with Gasteiger partial charge in [-0.05, 0) is 66.0 Å². The molecule has 0 amide bonds. The lowest BCUT2D eigenvalue weighted by atomic mass is 10.0. The van der Waals surface area contributed by atoms with Gasteiger partial charge >= 0.3 is 0 Å². The molecular weight excluding hydrogens is 398 g/mol. The molecule has 0 unspecified atom stereocenters. The molecule has 0 fully saturated rings. The zero-order valence-corrected chi connectivity index (χ0v) is 19.1. The molecule has 0 atom stereocenters. The molecule has 0 saturated carbocycles. The maximum Gasteiger partial charge on any atom is 0.186 e. The third-order valence-corrected chi connectivity index (χ3v) is 4.68. The minimum absolute atomic E-state index is 0.423. The molecule has 0 bridgehead atoms. The third-order valence-electron chi connectivity index (χ3n) is 4.39. The summed E-state index contributed by atoms with van der Waals surface area (Å²) in [7, 11) is 3.35. The van der Waals surface area contributed by atoms with E-state index in [1.165, 1.54) is 11.1 Å². The monoisotopic (exact) mass is 429 g/mol. The fourth-order valence-electron chi connectivity index (χ4n) is 2.77. The minimum Gasteiger partial charge on any atom is -0.493 e. The van der Waals surface area contributed by atoms with Crippen LogP contribution in [0.5, 0.6) is 17.2 Å². The van der Waals surface area contributed by atoms with Crippen molar-refractivity contribution < 1.29 is 14.2 Å². The van der Waals surface area contributed by atoms with Gasteiger partial charge in [0.15, 0.2) is 16.6 Å². The molecule has 0 aliphatic carbocycles. The SMILES string of the molecule is CNC(=S)NN=Cc1ccc(OCCCOc2cc(C)ccc2C(C)C)c(OC)c1. The molecule has 162 valence electrons. The van der Waals surface area contributed by atoms with Crippen LogP contribution in [0, 0.1) is 6.92 Å². The number of hydrogen-bond acceptors (Lipinski definition) is 5. The van der Waals surface area contributed by atoms with Crippen LogP contribution >= 0.6 is 12.2 Å². The predicted octanol–water partition coefficient (Wildman–Crippen LogP) is 4.40. The van der Waals surface area contributed by atoms with Crippen LogP contribution in [-0.2, 0) is 0 Å². The van der Waals surface area contributed by atoms with Crippen molar-refractivity contribution in [2.24, 2.45) is 5.10 Å². The molecular formula is C23H31N3O3S. The van der Waals surface area contributed by atoms with E-state index in [0.717, 1.165) is 17.7 Å². The van der Waals surface area contributed by atoms with Gasteiger partial charge in [-0.3, -0.25) is 5.43 Å². The van der Waals surface area contributed by atoms with E-state index in [9.17, 15) is 0 Å². The van der Waals surface area contributed by atoms with Gasteiger partial charge in [-0.1, -0.05) is 26.0 Å². The highest BCUT2D eigenvalue weighted by Crippen LogP contribution is 2.29. The van der Waals surface area contributed by atoms with Crippen molar-refractivity contribution in [2.45, 2.75) is 33.1 Å². The molecule has 0 spiro atoms. The number of nitrogens with zero attached hydrogens (tertiary/aromatic N) is 1. The lowest BCUT2D eigenvalue weighted by Gasteiger charge is -2.15. The maximum atomic E-state index is 6.01. The van der Waals surface area contributed by atoms with Gasteiger partial charge in [-0.25, -0.2) is 0 Å². The second kappa shape index (κ2) is 12.0. The molecule has 30 heavy (non-hydrogen) atoms. The van der Waals surface area contributed by atoms with Gasteiger partial charge in [0.05, 0.1) is 26.5 Å². The van der Waals surface area contributed by atoms with E-state index >= 15 is 0 Å². The molecule has 0 heterocycles. The summed E-state index contributed by atoms with van der Waals surface area (Å²) in [6.45, 7) is 7.54. The average molecular weight is 430 g/mol. The van der Waals surface area contributed by atoms with E-state index in [1.807, 2.05) is 18.2 Å². The standard InChI is InChI=1S/C23H31N3O3S/c1-16(2)19-9-7-17(3)13-21(19)29-12-6-11-28-20-10-8-18(14-22(20)27-5)15-25-26-23(30)24-4/h7-10,13-16H,6,11-12H2,1-5H3,(H2,24,26,30). The lowest BCUT2D eigenvalue weighted by molar-refractivity contribution is 0.239. The van der Waals surface area contributed by atoms with Crippen LogP contribution in [-0.4, -0.2) is 38.7 Å². The number of benzene rings is 2. The molecule has 2 aromatic rings. The summed E-state index contributed by atoms with van der Waals surface area (Å²) < 4.78 is 17.3. The van der Waals surface area contributed by atoms with Crippen LogP contribution in [0.1, 0.15) is 42.9 Å². The maximum absolute atomic E-state index is 6.01. The number of hydrazone groups is 1. The summed E-state index contributed by atoms with van der Waals surface area (Å²) >= 11 is 4.98. The van der Waals surface area contributed by atoms with E-state index in [0.29, 0.717) is 35.7 Å².